The van der Waals surface area contributed by atoms with Gasteiger partial charge in [0.1, 0.15) is 0 Å². The molecule has 1 heteroatoms. The lowest BCUT2D eigenvalue weighted by molar-refractivity contribution is 0.740. The Morgan fingerprint density at radius 1 is 0.509 bits per heavy atom. The summed E-state index contributed by atoms with van der Waals surface area (Å²) in [5.74, 6) is 0.573. The second-order valence-electron chi connectivity index (χ2n) is 14.4. The van der Waals surface area contributed by atoms with Crippen LogP contribution < -0.4 is 4.90 Å². The van der Waals surface area contributed by atoms with Gasteiger partial charge in [-0.1, -0.05) is 197 Å². The van der Waals surface area contributed by atoms with Crippen molar-refractivity contribution in [1.82, 2.24) is 0 Å². The standard InChI is InChI=1S/C56H49N/c1-6-11-42(9-4)44-16-18-46(19-17-44)49-28-34-54(35-29-49)57(55-36-30-50(31-37-55)47-22-20-45(21-23-47)43(12-7-2)13-8-3)56-38-32-51(33-39-56)48-24-26-52(27-25-48)53-15-10-14-41(5)40-53/h6-13,15-41H,1-2,4,14H2,3,5H3/b13-8-,42-11+,43-12+. The molecule has 6 aromatic carbocycles. The second-order valence-corrected chi connectivity index (χ2v) is 14.4. The van der Waals surface area contributed by atoms with Crippen LogP contribution in [-0.2, 0) is 0 Å². The fourth-order valence-corrected chi connectivity index (χ4v) is 7.42. The average Bonchev–Trinajstić information content (AvgIpc) is 3.26. The average molecular weight is 736 g/mol. The minimum absolute atomic E-state index is 0.573. The fraction of sp³-hybridized carbons (Fsp3) is 0.0714. The van der Waals surface area contributed by atoms with Crippen molar-refractivity contribution in [2.75, 3.05) is 4.90 Å². The molecule has 1 aliphatic rings. The summed E-state index contributed by atoms with van der Waals surface area (Å²) < 4.78 is 0. The van der Waals surface area contributed by atoms with Gasteiger partial charge in [0.15, 0.2) is 0 Å². The summed E-state index contributed by atoms with van der Waals surface area (Å²) in [6.45, 7) is 16.0. The molecule has 1 atom stereocenters. The normalized spacial score (nSPS) is 14.3. The van der Waals surface area contributed by atoms with Crippen LogP contribution in [0.25, 0.3) is 50.1 Å². The Morgan fingerprint density at radius 2 is 0.877 bits per heavy atom. The third kappa shape index (κ3) is 8.96. The van der Waals surface area contributed by atoms with Crippen molar-refractivity contribution < 1.29 is 0 Å². The predicted octanol–water partition coefficient (Wildman–Crippen LogP) is 16.0. The zero-order valence-corrected chi connectivity index (χ0v) is 33.0. The molecule has 1 nitrogen and oxygen atoms in total. The van der Waals surface area contributed by atoms with E-state index in [-0.39, 0.29) is 0 Å². The number of nitrogens with zero attached hydrogens (tertiary/aromatic N) is 1. The van der Waals surface area contributed by atoms with Gasteiger partial charge >= 0.3 is 0 Å². The lowest BCUT2D eigenvalue weighted by atomic mass is 9.92. The number of hydrogen-bond acceptors (Lipinski definition) is 1. The predicted molar refractivity (Wildman–Crippen MR) is 250 cm³/mol. The lowest BCUT2D eigenvalue weighted by Gasteiger charge is -2.26. The molecule has 0 aromatic heterocycles. The zero-order valence-electron chi connectivity index (χ0n) is 33.0. The van der Waals surface area contributed by atoms with Crippen LogP contribution in [0.4, 0.5) is 17.1 Å². The summed E-state index contributed by atoms with van der Waals surface area (Å²) in [6.07, 6.45) is 21.7. The molecule has 0 spiro atoms. The minimum atomic E-state index is 0.573. The first-order chi connectivity index (χ1) is 28.0. The Bertz CT molecular complexity index is 2480. The van der Waals surface area contributed by atoms with E-state index in [0.717, 1.165) is 56.9 Å². The minimum Gasteiger partial charge on any atom is -0.311 e. The number of hydrogen-bond donors (Lipinski definition) is 0. The smallest absolute Gasteiger partial charge is 0.0462 e. The molecule has 0 radical (unpaired) electrons. The topological polar surface area (TPSA) is 3.24 Å². The van der Waals surface area contributed by atoms with Crippen LogP contribution in [0, 0.1) is 5.92 Å². The summed E-state index contributed by atoms with van der Waals surface area (Å²) in [4.78, 5) is 2.33. The molecular formula is C56H49N. The fourth-order valence-electron chi connectivity index (χ4n) is 7.42. The van der Waals surface area contributed by atoms with Crippen molar-refractivity contribution in [1.29, 1.82) is 0 Å². The van der Waals surface area contributed by atoms with E-state index in [2.05, 4.69) is 208 Å². The molecule has 0 saturated carbocycles. The zero-order chi connectivity index (χ0) is 39.6. The Hall–Kier alpha value is -6.96. The first kappa shape index (κ1) is 38.3. The van der Waals surface area contributed by atoms with Gasteiger partial charge in [-0.2, -0.15) is 0 Å². The van der Waals surface area contributed by atoms with Gasteiger partial charge in [-0.25, -0.2) is 0 Å². The molecule has 0 saturated heterocycles. The molecule has 0 aliphatic heterocycles. The Kier molecular flexibility index (Phi) is 12.2. The Balaban J connectivity index is 1.19. The van der Waals surface area contributed by atoms with Crippen molar-refractivity contribution >= 4 is 33.8 Å². The van der Waals surface area contributed by atoms with E-state index < -0.39 is 0 Å². The van der Waals surface area contributed by atoms with Gasteiger partial charge in [-0.05, 0) is 122 Å². The molecular weight excluding hydrogens is 687 g/mol. The third-order valence-electron chi connectivity index (χ3n) is 10.5. The van der Waals surface area contributed by atoms with Crippen molar-refractivity contribution in [3.63, 3.8) is 0 Å². The van der Waals surface area contributed by atoms with Crippen LogP contribution in [0.1, 0.15) is 37.0 Å². The Morgan fingerprint density at radius 3 is 1.26 bits per heavy atom. The van der Waals surface area contributed by atoms with Crippen LogP contribution in [0.5, 0.6) is 0 Å². The molecule has 6 aromatic rings. The molecule has 278 valence electrons. The third-order valence-corrected chi connectivity index (χ3v) is 10.5. The molecule has 1 aliphatic carbocycles. The van der Waals surface area contributed by atoms with E-state index in [1.807, 2.05) is 31.2 Å². The van der Waals surface area contributed by atoms with Crippen molar-refractivity contribution in [2.24, 2.45) is 5.92 Å². The summed E-state index contributed by atoms with van der Waals surface area (Å²) in [5.41, 5.74) is 17.3. The highest BCUT2D eigenvalue weighted by atomic mass is 15.1. The maximum absolute atomic E-state index is 3.96. The second kappa shape index (κ2) is 18.1. The Labute approximate surface area is 339 Å². The quantitative estimate of drug-likeness (QED) is 0.107. The van der Waals surface area contributed by atoms with Gasteiger partial charge in [0.2, 0.25) is 0 Å². The highest BCUT2D eigenvalue weighted by Crippen LogP contribution is 2.38. The number of benzene rings is 6. The number of rotatable bonds is 13. The van der Waals surface area contributed by atoms with E-state index in [1.165, 1.54) is 33.4 Å². The van der Waals surface area contributed by atoms with E-state index >= 15 is 0 Å². The molecule has 0 fully saturated rings. The summed E-state index contributed by atoms with van der Waals surface area (Å²) in [5, 5.41) is 0. The van der Waals surface area contributed by atoms with Crippen molar-refractivity contribution in [2.45, 2.75) is 20.3 Å². The van der Waals surface area contributed by atoms with Crippen molar-refractivity contribution in [3.8, 4) is 33.4 Å². The van der Waals surface area contributed by atoms with Crippen LogP contribution in [0.3, 0.4) is 0 Å². The van der Waals surface area contributed by atoms with E-state index in [1.54, 1.807) is 6.08 Å². The lowest BCUT2D eigenvalue weighted by Crippen LogP contribution is -2.09. The number of allylic oxidation sites excluding steroid dienone is 13. The maximum atomic E-state index is 3.96. The molecule has 0 heterocycles. The molecule has 57 heavy (non-hydrogen) atoms. The summed E-state index contributed by atoms with van der Waals surface area (Å²) in [6, 6.07) is 52.9. The summed E-state index contributed by atoms with van der Waals surface area (Å²) in [7, 11) is 0. The van der Waals surface area contributed by atoms with Gasteiger partial charge < -0.3 is 4.90 Å². The van der Waals surface area contributed by atoms with Crippen LogP contribution in [0.15, 0.2) is 226 Å². The van der Waals surface area contributed by atoms with Crippen LogP contribution >= 0.6 is 0 Å². The highest BCUT2D eigenvalue weighted by Gasteiger charge is 2.15. The molecule has 0 bridgehead atoms. The molecule has 0 N–H and O–H groups in total. The van der Waals surface area contributed by atoms with E-state index in [9.17, 15) is 0 Å². The maximum Gasteiger partial charge on any atom is 0.0462 e. The molecule has 0 amide bonds. The van der Waals surface area contributed by atoms with Gasteiger partial charge in [-0.3, -0.25) is 0 Å². The largest absolute Gasteiger partial charge is 0.311 e. The first-order valence-corrected chi connectivity index (χ1v) is 19.7. The van der Waals surface area contributed by atoms with Gasteiger partial charge in [0.25, 0.3) is 0 Å². The van der Waals surface area contributed by atoms with Crippen molar-refractivity contribution in [3.05, 3.63) is 243 Å². The number of anilines is 3. The SMILES string of the molecule is C=C/C=C(\C=C)c1ccc(-c2ccc(N(c3ccc(-c4ccc(C5=CC(C)CC=C5)cc4)cc3)c3ccc(-c4ccc(C(/C=C\C)=C/C=C)cc4)cc3)cc2)cc1. The molecule has 7 rings (SSSR count). The highest BCUT2D eigenvalue weighted by molar-refractivity contribution is 5.83. The molecule has 1 unspecified atom stereocenters. The van der Waals surface area contributed by atoms with Crippen LogP contribution in [0.2, 0.25) is 0 Å². The van der Waals surface area contributed by atoms with E-state index in [0.29, 0.717) is 5.92 Å². The van der Waals surface area contributed by atoms with Crippen LogP contribution in [-0.4, -0.2) is 0 Å². The first-order valence-electron chi connectivity index (χ1n) is 19.7. The van der Waals surface area contributed by atoms with Gasteiger partial charge in [0.05, 0.1) is 0 Å². The monoisotopic (exact) mass is 735 g/mol. The van der Waals surface area contributed by atoms with Gasteiger partial charge in [-0.15, -0.1) is 0 Å². The van der Waals surface area contributed by atoms with E-state index in [4.69, 9.17) is 0 Å². The summed E-state index contributed by atoms with van der Waals surface area (Å²) >= 11 is 0. The van der Waals surface area contributed by atoms with Gasteiger partial charge in [0, 0.05) is 17.1 Å².